The molecule has 0 aliphatic carbocycles. The quantitative estimate of drug-likeness (QED) is 0.736. The minimum absolute atomic E-state index is 0.293. The van der Waals surface area contributed by atoms with Crippen LogP contribution in [0.5, 0.6) is 5.75 Å². The Balaban J connectivity index is 1.67. The van der Waals surface area contributed by atoms with Gasteiger partial charge in [0.2, 0.25) is 5.91 Å². The molecule has 1 aliphatic heterocycles. The maximum absolute atomic E-state index is 12.1. The van der Waals surface area contributed by atoms with E-state index in [9.17, 15) is 4.79 Å². The molecule has 19 heavy (non-hydrogen) atoms. The fourth-order valence-electron chi connectivity index (χ4n) is 2.66. The molecule has 1 atom stereocenters. The summed E-state index contributed by atoms with van der Waals surface area (Å²) < 4.78 is 5.60. The van der Waals surface area contributed by atoms with E-state index < -0.39 is 0 Å². The molecule has 0 bridgehead atoms. The van der Waals surface area contributed by atoms with Gasteiger partial charge < -0.3 is 9.64 Å². The summed E-state index contributed by atoms with van der Waals surface area (Å²) >= 11 is 0. The van der Waals surface area contributed by atoms with Crippen LogP contribution in [0, 0.1) is 0 Å². The molecule has 0 radical (unpaired) electrons. The topological polar surface area (TPSA) is 29.5 Å². The smallest absolute Gasteiger partial charge is 0.222 e. The Morgan fingerprint density at radius 1 is 1.37 bits per heavy atom. The van der Waals surface area contributed by atoms with Crippen LogP contribution in [0.15, 0.2) is 30.3 Å². The minimum Gasteiger partial charge on any atom is -0.494 e. The third kappa shape index (κ3) is 3.98. The van der Waals surface area contributed by atoms with Crippen LogP contribution < -0.4 is 4.74 Å². The second kappa shape index (κ2) is 7.17. The predicted molar refractivity (Wildman–Crippen MR) is 76.2 cm³/mol. The van der Waals surface area contributed by atoms with E-state index in [2.05, 4.69) is 11.8 Å². The van der Waals surface area contributed by atoms with Gasteiger partial charge >= 0.3 is 0 Å². The van der Waals surface area contributed by atoms with Crippen LogP contribution >= 0.6 is 0 Å². The summed E-state index contributed by atoms with van der Waals surface area (Å²) in [6.45, 7) is 3.71. The molecule has 104 valence electrons. The lowest BCUT2D eigenvalue weighted by Gasteiger charge is -2.23. The van der Waals surface area contributed by atoms with Crippen molar-refractivity contribution in [3.8, 4) is 5.75 Å². The number of ether oxygens (including phenoxy) is 1. The van der Waals surface area contributed by atoms with Crippen LogP contribution in [0.1, 0.15) is 39.0 Å². The molecule has 3 nitrogen and oxygen atoms in total. The van der Waals surface area contributed by atoms with Crippen LogP contribution in [-0.2, 0) is 4.79 Å². The van der Waals surface area contributed by atoms with Crippen molar-refractivity contribution in [2.24, 2.45) is 0 Å². The fraction of sp³-hybridized carbons (Fsp3) is 0.562. The molecule has 0 spiro atoms. The van der Waals surface area contributed by atoms with E-state index >= 15 is 0 Å². The molecule has 1 aliphatic rings. The minimum atomic E-state index is 0.293. The van der Waals surface area contributed by atoms with Crippen molar-refractivity contribution in [3.05, 3.63) is 30.3 Å². The van der Waals surface area contributed by atoms with E-state index in [0.717, 1.165) is 31.6 Å². The number of carbonyl (C=O) groups excluding carboxylic acids is 1. The SMILES string of the molecule is CCC1CCCN1C(=O)CCCOc1ccccc1. The lowest BCUT2D eigenvalue weighted by molar-refractivity contribution is -0.132. The third-order valence-electron chi connectivity index (χ3n) is 3.72. The first kappa shape index (κ1) is 13.9. The van der Waals surface area contributed by atoms with Crippen molar-refractivity contribution in [2.75, 3.05) is 13.2 Å². The number of rotatable bonds is 6. The molecule has 0 N–H and O–H groups in total. The summed E-state index contributed by atoms with van der Waals surface area (Å²) in [5.41, 5.74) is 0. The summed E-state index contributed by atoms with van der Waals surface area (Å²) in [7, 11) is 0. The zero-order valence-electron chi connectivity index (χ0n) is 11.7. The van der Waals surface area contributed by atoms with Crippen LogP contribution in [-0.4, -0.2) is 30.0 Å². The predicted octanol–water partition coefficient (Wildman–Crippen LogP) is 3.25. The molecule has 1 saturated heterocycles. The Morgan fingerprint density at radius 2 is 2.16 bits per heavy atom. The van der Waals surface area contributed by atoms with Crippen LogP contribution in [0.4, 0.5) is 0 Å². The average molecular weight is 261 g/mol. The highest BCUT2D eigenvalue weighted by atomic mass is 16.5. The Bertz CT molecular complexity index is 391. The van der Waals surface area contributed by atoms with Gasteiger partial charge in [-0.1, -0.05) is 25.1 Å². The first-order valence-electron chi connectivity index (χ1n) is 7.28. The molecule has 1 fully saturated rings. The maximum Gasteiger partial charge on any atom is 0.222 e. The van der Waals surface area contributed by atoms with E-state index in [-0.39, 0.29) is 0 Å². The third-order valence-corrected chi connectivity index (χ3v) is 3.72. The number of likely N-dealkylation sites (tertiary alicyclic amines) is 1. The number of benzene rings is 1. The lowest BCUT2D eigenvalue weighted by atomic mass is 10.1. The molecule has 2 rings (SSSR count). The van der Waals surface area contributed by atoms with Crippen LogP contribution in [0.25, 0.3) is 0 Å². The Hall–Kier alpha value is -1.51. The van der Waals surface area contributed by atoms with Gasteiger partial charge in [0.1, 0.15) is 5.75 Å². The van der Waals surface area contributed by atoms with Gasteiger partial charge in [0, 0.05) is 19.0 Å². The standard InChI is InChI=1S/C16H23NO2/c1-2-14-8-6-12-17(14)16(18)11-7-13-19-15-9-4-3-5-10-15/h3-5,9-10,14H,2,6-8,11-13H2,1H3. The van der Waals surface area contributed by atoms with Crippen molar-refractivity contribution in [1.29, 1.82) is 0 Å². The van der Waals surface area contributed by atoms with Gasteiger partial charge in [0.15, 0.2) is 0 Å². The molecule has 0 aromatic heterocycles. The number of hydrogen-bond donors (Lipinski definition) is 0. The monoisotopic (exact) mass is 261 g/mol. The molecule has 0 saturated carbocycles. The highest BCUT2D eigenvalue weighted by molar-refractivity contribution is 5.76. The highest BCUT2D eigenvalue weighted by Gasteiger charge is 2.26. The molecular weight excluding hydrogens is 238 g/mol. The van der Waals surface area contributed by atoms with E-state index in [4.69, 9.17) is 4.74 Å². The Kier molecular flexibility index (Phi) is 5.25. The number of carbonyl (C=O) groups is 1. The van der Waals surface area contributed by atoms with Crippen molar-refractivity contribution < 1.29 is 9.53 Å². The van der Waals surface area contributed by atoms with Crippen molar-refractivity contribution in [3.63, 3.8) is 0 Å². The zero-order valence-corrected chi connectivity index (χ0v) is 11.7. The Morgan fingerprint density at radius 3 is 2.89 bits per heavy atom. The number of para-hydroxylation sites is 1. The zero-order chi connectivity index (χ0) is 13.5. The van der Waals surface area contributed by atoms with Gasteiger partial charge in [-0.3, -0.25) is 4.79 Å². The lowest BCUT2D eigenvalue weighted by Crippen LogP contribution is -2.35. The largest absolute Gasteiger partial charge is 0.494 e. The average Bonchev–Trinajstić information content (AvgIpc) is 2.93. The summed E-state index contributed by atoms with van der Waals surface area (Å²) in [5, 5.41) is 0. The molecular formula is C16H23NO2. The summed E-state index contributed by atoms with van der Waals surface area (Å²) in [4.78, 5) is 14.2. The second-order valence-electron chi connectivity index (χ2n) is 5.06. The van der Waals surface area contributed by atoms with Gasteiger partial charge in [-0.05, 0) is 37.8 Å². The molecule has 1 aromatic carbocycles. The van der Waals surface area contributed by atoms with Crippen LogP contribution in [0.2, 0.25) is 0 Å². The number of nitrogens with zero attached hydrogens (tertiary/aromatic N) is 1. The summed E-state index contributed by atoms with van der Waals surface area (Å²) in [5.74, 6) is 1.17. The molecule has 3 heteroatoms. The second-order valence-corrected chi connectivity index (χ2v) is 5.06. The first-order valence-corrected chi connectivity index (χ1v) is 7.28. The van der Waals surface area contributed by atoms with Gasteiger partial charge in [0.05, 0.1) is 6.61 Å². The van der Waals surface area contributed by atoms with Crippen molar-refractivity contribution in [2.45, 2.75) is 45.1 Å². The van der Waals surface area contributed by atoms with E-state index in [0.29, 0.717) is 25.0 Å². The van der Waals surface area contributed by atoms with Gasteiger partial charge in [-0.15, -0.1) is 0 Å². The highest BCUT2D eigenvalue weighted by Crippen LogP contribution is 2.21. The van der Waals surface area contributed by atoms with Crippen molar-refractivity contribution >= 4 is 5.91 Å². The van der Waals surface area contributed by atoms with Gasteiger partial charge in [-0.25, -0.2) is 0 Å². The van der Waals surface area contributed by atoms with E-state index in [1.807, 2.05) is 30.3 Å². The van der Waals surface area contributed by atoms with Crippen molar-refractivity contribution in [1.82, 2.24) is 4.90 Å². The normalized spacial score (nSPS) is 18.6. The van der Waals surface area contributed by atoms with Gasteiger partial charge in [-0.2, -0.15) is 0 Å². The maximum atomic E-state index is 12.1. The first-order chi connectivity index (χ1) is 9.31. The Labute approximate surface area is 115 Å². The summed E-state index contributed by atoms with van der Waals surface area (Å²) in [6.07, 6.45) is 4.80. The molecule has 1 amide bonds. The molecule has 1 aromatic rings. The summed E-state index contributed by atoms with van der Waals surface area (Å²) in [6, 6.07) is 10.2. The fourth-order valence-corrected chi connectivity index (χ4v) is 2.66. The van der Waals surface area contributed by atoms with Gasteiger partial charge in [0.25, 0.3) is 0 Å². The number of hydrogen-bond acceptors (Lipinski definition) is 2. The number of amides is 1. The van der Waals surface area contributed by atoms with Crippen LogP contribution in [0.3, 0.4) is 0 Å². The van der Waals surface area contributed by atoms with E-state index in [1.165, 1.54) is 6.42 Å². The molecule has 1 heterocycles. The molecule has 1 unspecified atom stereocenters. The van der Waals surface area contributed by atoms with E-state index in [1.54, 1.807) is 0 Å².